The third-order valence-corrected chi connectivity index (χ3v) is 4.57. The number of rotatable bonds is 9. The Balaban J connectivity index is 1.48. The molecule has 8 nitrogen and oxygen atoms in total. The molecule has 3 aromatic carbocycles. The van der Waals surface area contributed by atoms with Crippen molar-refractivity contribution in [1.82, 2.24) is 0 Å². The number of oxime groups is 1. The predicted molar refractivity (Wildman–Crippen MR) is 122 cm³/mol. The first-order valence-corrected chi connectivity index (χ1v) is 9.96. The summed E-state index contributed by atoms with van der Waals surface area (Å²) in [6.07, 6.45) is 1.46. The number of carbonyl (C=O) groups excluding carboxylic acids is 1. The topological polar surface area (TPSA) is 103 Å². The monoisotopic (exact) mass is 453 g/mol. The number of nitrogens with zero attached hydrogens (tertiary/aromatic N) is 2. The number of halogens is 1. The van der Waals surface area contributed by atoms with Crippen molar-refractivity contribution < 1.29 is 19.3 Å². The van der Waals surface area contributed by atoms with E-state index in [2.05, 4.69) is 10.5 Å². The molecule has 3 rings (SSSR count). The van der Waals surface area contributed by atoms with Crippen molar-refractivity contribution in [2.24, 2.45) is 5.16 Å². The van der Waals surface area contributed by atoms with E-state index in [1.807, 2.05) is 31.2 Å². The van der Waals surface area contributed by atoms with Crippen LogP contribution in [-0.2, 0) is 16.2 Å². The Bertz CT molecular complexity index is 1130. The van der Waals surface area contributed by atoms with Crippen LogP contribution in [0, 0.1) is 17.0 Å². The number of benzene rings is 3. The number of aryl methyl sites for hydroxylation is 1. The van der Waals surface area contributed by atoms with Gasteiger partial charge in [0.2, 0.25) is 0 Å². The Labute approximate surface area is 189 Å². The molecule has 0 saturated heterocycles. The number of carbonyl (C=O) groups is 1. The van der Waals surface area contributed by atoms with E-state index < -0.39 is 4.92 Å². The number of non-ortho nitro benzene ring substituents is 1. The van der Waals surface area contributed by atoms with Crippen LogP contribution in [0.4, 0.5) is 11.4 Å². The first-order chi connectivity index (χ1) is 15.4. The van der Waals surface area contributed by atoms with Crippen LogP contribution in [0.2, 0.25) is 5.02 Å². The van der Waals surface area contributed by atoms with Gasteiger partial charge in [-0.25, -0.2) is 0 Å². The van der Waals surface area contributed by atoms with Gasteiger partial charge in [0.1, 0.15) is 12.4 Å². The molecule has 0 unspecified atom stereocenters. The van der Waals surface area contributed by atoms with Crippen molar-refractivity contribution in [2.45, 2.75) is 13.5 Å². The summed E-state index contributed by atoms with van der Waals surface area (Å²) >= 11 is 6.22. The van der Waals surface area contributed by atoms with E-state index in [1.54, 1.807) is 30.3 Å². The Morgan fingerprint density at radius 2 is 1.94 bits per heavy atom. The number of hydrogen-bond donors (Lipinski definition) is 1. The third-order valence-electron chi connectivity index (χ3n) is 4.28. The standard InChI is InChI=1S/C23H20ClN3O5/c1-16-5-8-19(9-6-16)26-23(28)15-31-22-10-7-17(12-21(22)24)13-25-32-14-18-3-2-4-20(11-18)27(29)30/h2-13H,14-15H2,1H3,(H,26,28)/b25-13-. The van der Waals surface area contributed by atoms with Gasteiger partial charge in [-0.2, -0.15) is 0 Å². The summed E-state index contributed by atoms with van der Waals surface area (Å²) in [5.74, 6) is 0.0606. The van der Waals surface area contributed by atoms with E-state index in [0.29, 0.717) is 27.6 Å². The van der Waals surface area contributed by atoms with Crippen molar-refractivity contribution in [2.75, 3.05) is 11.9 Å². The maximum atomic E-state index is 12.0. The van der Waals surface area contributed by atoms with Crippen molar-refractivity contribution in [3.63, 3.8) is 0 Å². The fourth-order valence-electron chi connectivity index (χ4n) is 2.66. The minimum Gasteiger partial charge on any atom is -0.482 e. The lowest BCUT2D eigenvalue weighted by Crippen LogP contribution is -2.20. The van der Waals surface area contributed by atoms with Crippen molar-refractivity contribution in [3.8, 4) is 5.75 Å². The molecule has 0 bridgehead atoms. The zero-order valence-electron chi connectivity index (χ0n) is 17.2. The van der Waals surface area contributed by atoms with E-state index in [9.17, 15) is 14.9 Å². The van der Waals surface area contributed by atoms with Gasteiger partial charge in [-0.3, -0.25) is 14.9 Å². The molecule has 0 heterocycles. The van der Waals surface area contributed by atoms with Gasteiger partial charge in [-0.05, 0) is 48.4 Å². The van der Waals surface area contributed by atoms with E-state index >= 15 is 0 Å². The molecule has 164 valence electrons. The number of nitro benzene ring substituents is 1. The van der Waals surface area contributed by atoms with Crippen LogP contribution in [0.1, 0.15) is 16.7 Å². The van der Waals surface area contributed by atoms with Crippen LogP contribution in [0.15, 0.2) is 71.9 Å². The van der Waals surface area contributed by atoms with Crippen LogP contribution in [0.25, 0.3) is 0 Å². The van der Waals surface area contributed by atoms with Gasteiger partial charge in [0.05, 0.1) is 16.2 Å². The maximum absolute atomic E-state index is 12.0. The summed E-state index contributed by atoms with van der Waals surface area (Å²) in [5, 5.41) is 17.7. The first-order valence-electron chi connectivity index (χ1n) is 9.58. The van der Waals surface area contributed by atoms with Crippen LogP contribution in [0.5, 0.6) is 5.75 Å². The number of nitrogens with one attached hydrogen (secondary N) is 1. The van der Waals surface area contributed by atoms with Gasteiger partial charge >= 0.3 is 0 Å². The van der Waals surface area contributed by atoms with Crippen LogP contribution >= 0.6 is 11.6 Å². The largest absolute Gasteiger partial charge is 0.482 e. The molecule has 32 heavy (non-hydrogen) atoms. The Morgan fingerprint density at radius 1 is 1.16 bits per heavy atom. The summed E-state index contributed by atoms with van der Waals surface area (Å²) in [7, 11) is 0. The zero-order chi connectivity index (χ0) is 22.9. The number of anilines is 1. The Morgan fingerprint density at radius 3 is 2.66 bits per heavy atom. The molecule has 3 aromatic rings. The molecule has 9 heteroatoms. The van der Waals surface area contributed by atoms with Gasteiger partial charge in [0.25, 0.3) is 11.6 Å². The maximum Gasteiger partial charge on any atom is 0.269 e. The summed E-state index contributed by atoms with van der Waals surface area (Å²) in [5.41, 5.74) is 3.06. The highest BCUT2D eigenvalue weighted by Gasteiger charge is 2.08. The van der Waals surface area contributed by atoms with Gasteiger partial charge in [0, 0.05) is 17.8 Å². The summed E-state index contributed by atoms with van der Waals surface area (Å²) in [6, 6.07) is 18.5. The second kappa shape index (κ2) is 10.9. The first kappa shape index (κ1) is 22.8. The van der Waals surface area contributed by atoms with Gasteiger partial charge < -0.3 is 14.9 Å². The molecule has 0 atom stereocenters. The lowest BCUT2D eigenvalue weighted by Gasteiger charge is -2.09. The number of ether oxygens (including phenoxy) is 1. The van der Waals surface area contributed by atoms with Crippen LogP contribution in [-0.4, -0.2) is 23.7 Å². The van der Waals surface area contributed by atoms with E-state index in [1.165, 1.54) is 18.3 Å². The summed E-state index contributed by atoms with van der Waals surface area (Å²) < 4.78 is 5.49. The molecule has 0 spiro atoms. The van der Waals surface area contributed by atoms with Gasteiger partial charge in [-0.15, -0.1) is 0 Å². The molecular weight excluding hydrogens is 434 g/mol. The van der Waals surface area contributed by atoms with E-state index in [0.717, 1.165) is 5.56 Å². The number of nitro groups is 1. The minimum absolute atomic E-state index is 0.00926. The Kier molecular flexibility index (Phi) is 7.77. The molecule has 0 aliphatic heterocycles. The van der Waals surface area contributed by atoms with Gasteiger partial charge in [0.15, 0.2) is 6.61 Å². The van der Waals surface area contributed by atoms with Crippen molar-refractivity contribution >= 4 is 35.1 Å². The number of hydrogen-bond acceptors (Lipinski definition) is 6. The summed E-state index contributed by atoms with van der Waals surface area (Å²) in [4.78, 5) is 27.6. The fourth-order valence-corrected chi connectivity index (χ4v) is 2.90. The summed E-state index contributed by atoms with van der Waals surface area (Å²) in [6.45, 7) is 1.87. The lowest BCUT2D eigenvalue weighted by atomic mass is 10.2. The SMILES string of the molecule is Cc1ccc(NC(=O)COc2ccc(/C=N\OCc3cccc([N+](=O)[O-])c3)cc2Cl)cc1. The predicted octanol–water partition coefficient (Wildman–Crippen LogP) is 5.12. The Hall–Kier alpha value is -3.91. The lowest BCUT2D eigenvalue weighted by molar-refractivity contribution is -0.384. The van der Waals surface area contributed by atoms with Gasteiger partial charge in [-0.1, -0.05) is 46.6 Å². The quantitative estimate of drug-likeness (QED) is 0.275. The highest BCUT2D eigenvalue weighted by atomic mass is 35.5. The molecule has 0 fully saturated rings. The van der Waals surface area contributed by atoms with Crippen LogP contribution < -0.4 is 10.1 Å². The minimum atomic E-state index is -0.468. The van der Waals surface area contributed by atoms with E-state index in [4.69, 9.17) is 21.2 Å². The molecule has 0 saturated carbocycles. The molecular formula is C23H20ClN3O5. The highest BCUT2D eigenvalue weighted by molar-refractivity contribution is 6.32. The smallest absolute Gasteiger partial charge is 0.269 e. The van der Waals surface area contributed by atoms with Crippen molar-refractivity contribution in [3.05, 3.63) is 98.6 Å². The zero-order valence-corrected chi connectivity index (χ0v) is 17.9. The third kappa shape index (κ3) is 6.82. The second-order valence-corrected chi connectivity index (χ2v) is 7.23. The molecule has 0 aromatic heterocycles. The van der Waals surface area contributed by atoms with Crippen molar-refractivity contribution in [1.29, 1.82) is 0 Å². The number of amides is 1. The average molecular weight is 454 g/mol. The second-order valence-electron chi connectivity index (χ2n) is 6.83. The molecule has 0 aliphatic rings. The van der Waals surface area contributed by atoms with Crippen LogP contribution in [0.3, 0.4) is 0 Å². The average Bonchev–Trinajstić information content (AvgIpc) is 2.78. The normalized spacial score (nSPS) is 10.7. The fraction of sp³-hybridized carbons (Fsp3) is 0.130. The molecule has 1 N–H and O–H groups in total. The molecule has 0 radical (unpaired) electrons. The van der Waals surface area contributed by atoms with E-state index in [-0.39, 0.29) is 24.8 Å². The highest BCUT2D eigenvalue weighted by Crippen LogP contribution is 2.25. The molecule has 1 amide bonds. The molecule has 0 aliphatic carbocycles.